The average Bonchev–Trinajstić information content (AvgIpc) is 2.80. The molecule has 0 saturated heterocycles. The van der Waals surface area contributed by atoms with Gasteiger partial charge in [-0.25, -0.2) is 4.57 Å². The molecule has 0 fully saturated rings. The molecule has 17 heavy (non-hydrogen) atoms. The van der Waals surface area contributed by atoms with Crippen LogP contribution in [-0.2, 0) is 6.54 Å². The summed E-state index contributed by atoms with van der Waals surface area (Å²) in [5.74, 6) is 1.19. The molecule has 0 spiro atoms. The monoisotopic (exact) mass is 245 g/mol. The molecule has 0 amide bonds. The van der Waals surface area contributed by atoms with E-state index >= 15 is 0 Å². The number of aryl methyl sites for hydroxylation is 4. The van der Waals surface area contributed by atoms with E-state index in [4.69, 9.17) is 0 Å². The lowest BCUT2D eigenvalue weighted by Crippen LogP contribution is -2.30. The smallest absolute Gasteiger partial charge is 0.223 e. The van der Waals surface area contributed by atoms with Crippen molar-refractivity contribution in [1.29, 1.82) is 0 Å². The summed E-state index contributed by atoms with van der Waals surface area (Å²) in [6.07, 6.45) is 4.38. The van der Waals surface area contributed by atoms with Gasteiger partial charge in [-0.15, -0.1) is 0 Å². The average molecular weight is 245 g/mol. The van der Waals surface area contributed by atoms with Crippen LogP contribution in [0, 0.1) is 20.8 Å². The van der Waals surface area contributed by atoms with Gasteiger partial charge in [0.05, 0.1) is 0 Å². The molecule has 1 aromatic carbocycles. The van der Waals surface area contributed by atoms with Crippen molar-refractivity contribution >= 4 is 11.8 Å². The van der Waals surface area contributed by atoms with Crippen LogP contribution in [0.4, 0.5) is 0 Å². The molecule has 2 nitrogen and oxygen atoms in total. The van der Waals surface area contributed by atoms with Gasteiger partial charge in [-0.2, -0.15) is 4.57 Å². The van der Waals surface area contributed by atoms with Crippen LogP contribution in [0.5, 0.6) is 0 Å². The predicted octanol–water partition coefficient (Wildman–Crippen LogP) is 2.80. The van der Waals surface area contributed by atoms with Gasteiger partial charge in [0, 0.05) is 5.75 Å². The number of hydrogen-bond acceptors (Lipinski definition) is 1. The highest BCUT2D eigenvalue weighted by Gasteiger charge is 2.26. The normalized spacial score (nSPS) is 14.1. The lowest BCUT2D eigenvalue weighted by Gasteiger charge is -2.08. The number of benzene rings is 1. The molecular formula is C14H17N2S+. The van der Waals surface area contributed by atoms with E-state index in [-0.39, 0.29) is 0 Å². The first kappa shape index (κ1) is 10.9. The third kappa shape index (κ3) is 1.69. The van der Waals surface area contributed by atoms with Gasteiger partial charge < -0.3 is 0 Å². The van der Waals surface area contributed by atoms with Crippen molar-refractivity contribution < 1.29 is 4.57 Å². The van der Waals surface area contributed by atoms with E-state index < -0.39 is 0 Å². The summed E-state index contributed by atoms with van der Waals surface area (Å²) in [6.45, 7) is 7.70. The minimum absolute atomic E-state index is 1.14. The summed E-state index contributed by atoms with van der Waals surface area (Å²) in [5.41, 5.74) is 5.40. The lowest BCUT2D eigenvalue weighted by molar-refractivity contribution is -0.723. The van der Waals surface area contributed by atoms with Crippen molar-refractivity contribution in [3.05, 3.63) is 41.2 Å². The Morgan fingerprint density at radius 3 is 2.59 bits per heavy atom. The number of rotatable bonds is 1. The van der Waals surface area contributed by atoms with E-state index in [9.17, 15) is 0 Å². The fraction of sp³-hybridized carbons (Fsp3) is 0.357. The van der Waals surface area contributed by atoms with Gasteiger partial charge >= 0.3 is 5.16 Å². The Morgan fingerprint density at radius 2 is 1.88 bits per heavy atom. The van der Waals surface area contributed by atoms with Gasteiger partial charge in [0.1, 0.15) is 24.6 Å². The van der Waals surface area contributed by atoms with E-state index in [1.807, 2.05) is 11.8 Å². The highest BCUT2D eigenvalue weighted by Crippen LogP contribution is 2.27. The molecule has 1 aliphatic rings. The molecule has 3 rings (SSSR count). The molecule has 0 radical (unpaired) electrons. The zero-order valence-electron chi connectivity index (χ0n) is 10.5. The third-order valence-corrected chi connectivity index (χ3v) is 4.36. The molecule has 0 unspecified atom stereocenters. The van der Waals surface area contributed by atoms with Gasteiger partial charge in [0.15, 0.2) is 0 Å². The number of hydrogen-bond donors (Lipinski definition) is 0. The number of fused-ring (bicyclic) bond motifs is 1. The minimum atomic E-state index is 1.14. The van der Waals surface area contributed by atoms with Crippen LogP contribution in [0.3, 0.4) is 0 Å². The van der Waals surface area contributed by atoms with Crippen LogP contribution in [0.25, 0.3) is 5.69 Å². The van der Waals surface area contributed by atoms with Crippen LogP contribution >= 0.6 is 11.8 Å². The molecule has 3 heteroatoms. The van der Waals surface area contributed by atoms with Crippen molar-refractivity contribution in [2.24, 2.45) is 0 Å². The predicted molar refractivity (Wildman–Crippen MR) is 70.9 cm³/mol. The molecule has 0 saturated carbocycles. The molecule has 1 aliphatic heterocycles. The molecule has 1 aromatic heterocycles. The Morgan fingerprint density at radius 1 is 1.18 bits per heavy atom. The highest BCUT2D eigenvalue weighted by molar-refractivity contribution is 7.99. The Labute approximate surface area is 106 Å². The Bertz CT molecular complexity index is 561. The Kier molecular flexibility index (Phi) is 2.51. The van der Waals surface area contributed by atoms with E-state index in [0.29, 0.717) is 0 Å². The molecule has 0 atom stereocenters. The van der Waals surface area contributed by atoms with Crippen molar-refractivity contribution in [2.45, 2.75) is 32.5 Å². The number of imidazole rings is 1. The van der Waals surface area contributed by atoms with Gasteiger partial charge in [0.25, 0.3) is 0 Å². The Hall–Kier alpha value is -1.22. The van der Waals surface area contributed by atoms with E-state index in [0.717, 1.165) is 6.54 Å². The summed E-state index contributed by atoms with van der Waals surface area (Å²) < 4.78 is 4.67. The first-order chi connectivity index (χ1) is 8.16. The van der Waals surface area contributed by atoms with Crippen molar-refractivity contribution in [2.75, 3.05) is 5.75 Å². The van der Waals surface area contributed by atoms with Crippen LogP contribution in [0.1, 0.15) is 16.7 Å². The van der Waals surface area contributed by atoms with Gasteiger partial charge in [-0.3, -0.25) is 0 Å². The molecule has 0 N–H and O–H groups in total. The highest BCUT2D eigenvalue weighted by atomic mass is 32.2. The van der Waals surface area contributed by atoms with Crippen LogP contribution in [0.2, 0.25) is 0 Å². The first-order valence-electron chi connectivity index (χ1n) is 5.98. The lowest BCUT2D eigenvalue weighted by atomic mass is 10.1. The minimum Gasteiger partial charge on any atom is -0.223 e. The van der Waals surface area contributed by atoms with Gasteiger partial charge in [-0.05, 0) is 43.7 Å². The molecule has 0 aliphatic carbocycles. The van der Waals surface area contributed by atoms with Gasteiger partial charge in [0.2, 0.25) is 0 Å². The SMILES string of the molecule is Cc1cc(C)c(-n2cc[n+]3c2SCC3)c(C)c1. The van der Waals surface area contributed by atoms with Crippen molar-refractivity contribution in [3.8, 4) is 5.69 Å². The number of aromatic nitrogens is 2. The largest absolute Gasteiger partial charge is 0.323 e. The zero-order chi connectivity index (χ0) is 12.0. The molecule has 2 aromatic rings. The van der Waals surface area contributed by atoms with Crippen LogP contribution < -0.4 is 4.57 Å². The second-order valence-corrected chi connectivity index (χ2v) is 5.80. The zero-order valence-corrected chi connectivity index (χ0v) is 11.3. The topological polar surface area (TPSA) is 8.81 Å². The third-order valence-electron chi connectivity index (χ3n) is 3.29. The summed E-state index contributed by atoms with van der Waals surface area (Å²) in [6, 6.07) is 4.53. The van der Waals surface area contributed by atoms with Crippen molar-refractivity contribution in [1.82, 2.24) is 4.57 Å². The molecular weight excluding hydrogens is 228 g/mol. The van der Waals surface area contributed by atoms with E-state index in [1.54, 1.807) is 0 Å². The maximum absolute atomic E-state index is 2.34. The maximum atomic E-state index is 2.34. The number of nitrogens with zero attached hydrogens (tertiary/aromatic N) is 2. The molecule has 0 bridgehead atoms. The molecule has 2 heterocycles. The quantitative estimate of drug-likeness (QED) is 0.702. The number of thioether (sulfide) groups is 1. The fourth-order valence-electron chi connectivity index (χ4n) is 2.69. The standard InChI is InChI=1S/C14H17N2S/c1-10-8-11(2)13(12(3)9-10)16-5-4-15-6-7-17-14(15)16/h4-5,8-9H,6-7H2,1-3H3/q+1. The van der Waals surface area contributed by atoms with Crippen molar-refractivity contribution in [3.63, 3.8) is 0 Å². The second kappa shape index (κ2) is 3.91. The van der Waals surface area contributed by atoms with Gasteiger partial charge in [-0.1, -0.05) is 17.7 Å². The molecule has 88 valence electrons. The summed E-state index contributed by atoms with van der Waals surface area (Å²) >= 11 is 1.94. The summed E-state index contributed by atoms with van der Waals surface area (Å²) in [7, 11) is 0. The first-order valence-corrected chi connectivity index (χ1v) is 6.97. The van der Waals surface area contributed by atoms with E-state index in [1.165, 1.54) is 33.3 Å². The summed E-state index contributed by atoms with van der Waals surface area (Å²) in [5, 5.41) is 1.36. The fourth-order valence-corrected chi connectivity index (χ4v) is 3.77. The van der Waals surface area contributed by atoms with E-state index in [2.05, 4.69) is 54.4 Å². The second-order valence-electron chi connectivity index (χ2n) is 4.74. The van der Waals surface area contributed by atoms with Crippen LogP contribution in [0.15, 0.2) is 29.7 Å². The Balaban J connectivity index is 2.22. The summed E-state index contributed by atoms with van der Waals surface area (Å²) in [4.78, 5) is 0. The van der Waals surface area contributed by atoms with Crippen LogP contribution in [-0.4, -0.2) is 10.3 Å². The maximum Gasteiger partial charge on any atom is 0.323 e.